The number of hydrogen-bond donors (Lipinski definition) is 3. The summed E-state index contributed by atoms with van der Waals surface area (Å²) in [7, 11) is -2.82. The minimum absolute atomic E-state index is 0.0104. The van der Waals surface area contributed by atoms with Gasteiger partial charge in [0.1, 0.15) is 19.1 Å². The summed E-state index contributed by atoms with van der Waals surface area (Å²) in [5.41, 5.74) is -0.125. The first kappa shape index (κ1) is 32.8. The molecule has 17 heteroatoms. The maximum atomic E-state index is 13.8. The molecule has 2 atom stereocenters. The number of benzene rings is 2. The van der Waals surface area contributed by atoms with Gasteiger partial charge in [-0.1, -0.05) is 18.2 Å². The van der Waals surface area contributed by atoms with Gasteiger partial charge in [-0.3, -0.25) is 14.4 Å². The van der Waals surface area contributed by atoms with E-state index in [1.807, 2.05) is 4.72 Å². The van der Waals surface area contributed by atoms with Gasteiger partial charge in [0.2, 0.25) is 11.5 Å². The third kappa shape index (κ3) is 6.38. The van der Waals surface area contributed by atoms with Gasteiger partial charge in [-0.2, -0.15) is 12.7 Å². The molecule has 5 rings (SSSR count). The van der Waals surface area contributed by atoms with Crippen molar-refractivity contribution in [1.29, 1.82) is 0 Å². The van der Waals surface area contributed by atoms with E-state index in [1.165, 1.54) is 49.2 Å². The zero-order valence-electron chi connectivity index (χ0n) is 25.1. The van der Waals surface area contributed by atoms with Gasteiger partial charge in [0.15, 0.2) is 5.78 Å². The van der Waals surface area contributed by atoms with Crippen LogP contribution in [0.2, 0.25) is 0 Å². The normalized spacial score (nSPS) is 20.9. The fourth-order valence-electron chi connectivity index (χ4n) is 5.81. The standard InChI is InChI=1S/C29H33FN6O9S/c1-3-44-28(41)33-46(42,43)35-11-10-22(15-35)36(14-18-4-6-20(30)7-5-18)25(38)16-34-17-45-29(26(34)39)23-9-8-21(32-27(40)31-2)12-19(23)13-24(29)37/h4-9,12,22H,3,10-11,13-17H2,1-2H3,(H,33,41)(H2,31,32,40)/t22-,29-/m1/s1. The predicted molar refractivity (Wildman–Crippen MR) is 159 cm³/mol. The number of ether oxygens (including phenoxy) is 2. The summed E-state index contributed by atoms with van der Waals surface area (Å²) in [6.07, 6.45) is -1.04. The zero-order chi connectivity index (χ0) is 33.2. The largest absolute Gasteiger partial charge is 0.449 e. The van der Waals surface area contributed by atoms with Gasteiger partial charge in [0.05, 0.1) is 6.61 Å². The predicted octanol–water partition coefficient (Wildman–Crippen LogP) is 0.808. The molecule has 1 spiro atoms. The van der Waals surface area contributed by atoms with Gasteiger partial charge in [-0.05, 0) is 48.7 Å². The number of anilines is 1. The average Bonchev–Trinajstić information content (AvgIpc) is 3.70. The number of carbonyl (C=O) groups is 5. The topological polar surface area (TPSA) is 184 Å². The Balaban J connectivity index is 1.34. The van der Waals surface area contributed by atoms with Crippen LogP contribution >= 0.6 is 0 Å². The molecule has 0 unspecified atom stereocenters. The highest BCUT2D eigenvalue weighted by molar-refractivity contribution is 7.87. The summed E-state index contributed by atoms with van der Waals surface area (Å²) in [6.45, 7) is 0.465. The van der Waals surface area contributed by atoms with Crippen molar-refractivity contribution >= 4 is 45.6 Å². The van der Waals surface area contributed by atoms with Crippen molar-refractivity contribution in [3.63, 3.8) is 0 Å². The van der Waals surface area contributed by atoms with Crippen LogP contribution in [0.5, 0.6) is 0 Å². The van der Waals surface area contributed by atoms with Crippen LogP contribution in [0.3, 0.4) is 0 Å². The second kappa shape index (κ2) is 13.0. The molecule has 3 aliphatic rings. The van der Waals surface area contributed by atoms with Crippen molar-refractivity contribution in [2.45, 2.75) is 38.0 Å². The Kier molecular flexibility index (Phi) is 9.27. The third-order valence-electron chi connectivity index (χ3n) is 8.05. The molecule has 2 saturated heterocycles. The first-order valence-corrected chi connectivity index (χ1v) is 15.9. The van der Waals surface area contributed by atoms with E-state index in [2.05, 4.69) is 15.4 Å². The van der Waals surface area contributed by atoms with E-state index in [4.69, 9.17) is 4.74 Å². The minimum atomic E-state index is -4.27. The number of urea groups is 1. The van der Waals surface area contributed by atoms with Crippen LogP contribution in [0, 0.1) is 5.82 Å². The van der Waals surface area contributed by atoms with Crippen LogP contribution in [-0.4, -0.2) is 98.3 Å². The number of halogens is 1. The molecule has 2 aromatic rings. The minimum Gasteiger partial charge on any atom is -0.449 e. The second-order valence-corrected chi connectivity index (χ2v) is 12.6. The van der Waals surface area contributed by atoms with Crippen LogP contribution in [-0.2, 0) is 52.6 Å². The lowest BCUT2D eigenvalue weighted by Gasteiger charge is -2.31. The molecule has 1 aliphatic carbocycles. The lowest BCUT2D eigenvalue weighted by molar-refractivity contribution is -0.149. The number of fused-ring (bicyclic) bond motifs is 2. The van der Waals surface area contributed by atoms with Crippen LogP contribution < -0.4 is 15.4 Å². The molecule has 0 bridgehead atoms. The fraction of sp³-hybridized carbons (Fsp3) is 0.414. The molecule has 5 amide bonds. The van der Waals surface area contributed by atoms with E-state index in [9.17, 15) is 36.8 Å². The van der Waals surface area contributed by atoms with Crippen LogP contribution in [0.4, 0.5) is 19.7 Å². The maximum absolute atomic E-state index is 13.8. The number of ketones is 1. The highest BCUT2D eigenvalue weighted by atomic mass is 32.2. The van der Waals surface area contributed by atoms with Crippen molar-refractivity contribution in [3.8, 4) is 0 Å². The molecule has 2 aliphatic heterocycles. The molecule has 0 saturated carbocycles. The fourth-order valence-corrected chi connectivity index (χ4v) is 6.92. The number of Topliss-reactive ketones (excluding diaryl/α,β-unsaturated/α-hetero) is 1. The number of carbonyl (C=O) groups excluding carboxylic acids is 5. The van der Waals surface area contributed by atoms with Crippen molar-refractivity contribution < 1.29 is 46.3 Å². The van der Waals surface area contributed by atoms with E-state index >= 15 is 0 Å². The van der Waals surface area contributed by atoms with Crippen molar-refractivity contribution in [3.05, 3.63) is 65.0 Å². The molecule has 15 nitrogen and oxygen atoms in total. The van der Waals surface area contributed by atoms with Crippen molar-refractivity contribution in [2.24, 2.45) is 0 Å². The van der Waals surface area contributed by atoms with Crippen molar-refractivity contribution in [1.82, 2.24) is 24.1 Å². The van der Waals surface area contributed by atoms with Crippen molar-refractivity contribution in [2.75, 3.05) is 45.3 Å². The van der Waals surface area contributed by atoms with E-state index in [1.54, 1.807) is 12.1 Å². The average molecular weight is 661 g/mol. The Hall–Kier alpha value is -4.61. The lowest BCUT2D eigenvalue weighted by atomic mass is 9.94. The molecule has 246 valence electrons. The molecule has 46 heavy (non-hydrogen) atoms. The molecular formula is C29H33FN6O9S. The molecule has 2 aromatic carbocycles. The van der Waals surface area contributed by atoms with Crippen LogP contribution in [0.15, 0.2) is 42.5 Å². The summed E-state index contributed by atoms with van der Waals surface area (Å²) in [6, 6.07) is 8.98. The molecule has 3 N–H and O–H groups in total. The van der Waals surface area contributed by atoms with E-state index in [-0.39, 0.29) is 45.8 Å². The monoisotopic (exact) mass is 660 g/mol. The van der Waals surface area contributed by atoms with Gasteiger partial charge in [-0.15, -0.1) is 0 Å². The van der Waals surface area contributed by atoms with Crippen LogP contribution in [0.25, 0.3) is 0 Å². The van der Waals surface area contributed by atoms with Gasteiger partial charge in [0, 0.05) is 50.4 Å². The van der Waals surface area contributed by atoms with E-state index in [0.717, 1.165) is 9.21 Å². The molecule has 0 radical (unpaired) electrons. The quantitative estimate of drug-likeness (QED) is 0.328. The van der Waals surface area contributed by atoms with Gasteiger partial charge < -0.3 is 29.9 Å². The number of hydrogen-bond acceptors (Lipinski definition) is 9. The summed E-state index contributed by atoms with van der Waals surface area (Å²) < 4.78 is 52.5. The molecule has 0 aromatic heterocycles. The third-order valence-corrected chi connectivity index (χ3v) is 9.48. The first-order chi connectivity index (χ1) is 21.9. The number of nitrogens with one attached hydrogen (secondary N) is 3. The molecule has 2 heterocycles. The Labute approximate surface area is 264 Å². The Morgan fingerprint density at radius 1 is 1.15 bits per heavy atom. The smallest absolute Gasteiger partial charge is 0.421 e. The summed E-state index contributed by atoms with van der Waals surface area (Å²) in [4.78, 5) is 66.9. The van der Waals surface area contributed by atoms with E-state index < -0.39 is 63.9 Å². The summed E-state index contributed by atoms with van der Waals surface area (Å²) in [5, 5.41) is 5.04. The van der Waals surface area contributed by atoms with E-state index in [0.29, 0.717) is 22.4 Å². The lowest BCUT2D eigenvalue weighted by Crippen LogP contribution is -2.49. The molecule has 2 fully saturated rings. The van der Waals surface area contributed by atoms with Gasteiger partial charge in [0.25, 0.3) is 5.91 Å². The Bertz CT molecular complexity index is 1670. The highest BCUT2D eigenvalue weighted by Gasteiger charge is 2.59. The highest BCUT2D eigenvalue weighted by Crippen LogP contribution is 2.43. The first-order valence-electron chi connectivity index (χ1n) is 14.4. The number of rotatable bonds is 9. The maximum Gasteiger partial charge on any atom is 0.421 e. The summed E-state index contributed by atoms with van der Waals surface area (Å²) in [5.74, 6) is -2.26. The summed E-state index contributed by atoms with van der Waals surface area (Å²) >= 11 is 0. The van der Waals surface area contributed by atoms with Gasteiger partial charge >= 0.3 is 22.3 Å². The number of amides is 5. The van der Waals surface area contributed by atoms with Crippen LogP contribution in [0.1, 0.15) is 30.0 Å². The zero-order valence-corrected chi connectivity index (χ0v) is 25.9. The molecular weight excluding hydrogens is 627 g/mol. The SMILES string of the molecule is CCOC(=O)NS(=O)(=O)N1CC[C@@H](N(Cc2ccc(F)cc2)C(=O)CN2CO[C@]3(C(=O)Cc4cc(NC(=O)NC)ccc43)C2=O)C1. The number of nitrogens with zero attached hydrogens (tertiary/aromatic N) is 3. The second-order valence-electron chi connectivity index (χ2n) is 10.9. The Morgan fingerprint density at radius 3 is 2.59 bits per heavy atom. The van der Waals surface area contributed by atoms with Gasteiger partial charge in [-0.25, -0.2) is 18.7 Å². The Morgan fingerprint density at radius 2 is 1.89 bits per heavy atom.